The standard InChI is InChI=1S/C23H30N2O4/c1-27-21-10-9-19(22(28-2)23(21)29-3)17-25-15-13-24(14-16-25)12-11-20(26)18-7-5-4-6-8-18/h4-10H,11-17H2,1-3H3. The molecule has 0 radical (unpaired) electrons. The zero-order valence-electron chi connectivity index (χ0n) is 17.5. The lowest BCUT2D eigenvalue weighted by Gasteiger charge is -2.35. The molecule has 0 aliphatic carbocycles. The van der Waals surface area contributed by atoms with Crippen LogP contribution in [0.4, 0.5) is 0 Å². The average Bonchev–Trinajstić information content (AvgIpc) is 2.78. The lowest BCUT2D eigenvalue weighted by Crippen LogP contribution is -2.46. The smallest absolute Gasteiger partial charge is 0.203 e. The maximum atomic E-state index is 12.3. The molecule has 1 saturated heterocycles. The third-order valence-corrected chi connectivity index (χ3v) is 5.40. The molecular formula is C23H30N2O4. The van der Waals surface area contributed by atoms with Crippen LogP contribution < -0.4 is 14.2 Å². The third kappa shape index (κ3) is 5.28. The summed E-state index contributed by atoms with van der Waals surface area (Å²) in [5.41, 5.74) is 1.88. The minimum absolute atomic E-state index is 0.211. The summed E-state index contributed by atoms with van der Waals surface area (Å²) in [4.78, 5) is 17.1. The predicted octanol–water partition coefficient (Wildman–Crippen LogP) is 3.10. The third-order valence-electron chi connectivity index (χ3n) is 5.40. The Morgan fingerprint density at radius 2 is 1.48 bits per heavy atom. The molecule has 0 atom stereocenters. The van der Waals surface area contributed by atoms with Crippen molar-refractivity contribution >= 4 is 5.78 Å². The molecule has 1 heterocycles. The van der Waals surface area contributed by atoms with Crippen LogP contribution >= 0.6 is 0 Å². The summed E-state index contributed by atoms with van der Waals surface area (Å²) < 4.78 is 16.5. The lowest BCUT2D eigenvalue weighted by atomic mass is 10.1. The van der Waals surface area contributed by atoms with Gasteiger partial charge in [-0.1, -0.05) is 36.4 Å². The Morgan fingerprint density at radius 3 is 2.10 bits per heavy atom. The molecule has 0 aromatic heterocycles. The van der Waals surface area contributed by atoms with Crippen molar-refractivity contribution in [3.63, 3.8) is 0 Å². The van der Waals surface area contributed by atoms with E-state index in [4.69, 9.17) is 14.2 Å². The molecule has 1 aliphatic rings. The van der Waals surface area contributed by atoms with E-state index in [1.165, 1.54) is 0 Å². The number of carbonyl (C=O) groups excluding carboxylic acids is 1. The number of methoxy groups -OCH3 is 3. The van der Waals surface area contributed by atoms with Crippen molar-refractivity contribution in [1.82, 2.24) is 9.80 Å². The molecule has 1 fully saturated rings. The minimum Gasteiger partial charge on any atom is -0.493 e. The van der Waals surface area contributed by atoms with Gasteiger partial charge in [0, 0.05) is 56.8 Å². The first-order chi connectivity index (χ1) is 14.2. The molecule has 156 valence electrons. The maximum absolute atomic E-state index is 12.3. The van der Waals surface area contributed by atoms with E-state index >= 15 is 0 Å². The van der Waals surface area contributed by atoms with Gasteiger partial charge in [-0.3, -0.25) is 9.69 Å². The van der Waals surface area contributed by atoms with Gasteiger partial charge in [0.1, 0.15) is 0 Å². The van der Waals surface area contributed by atoms with Crippen LogP contribution in [-0.4, -0.2) is 69.6 Å². The number of Topliss-reactive ketones (excluding diaryl/α,β-unsaturated/α-hetero) is 1. The SMILES string of the molecule is COc1ccc(CN2CCN(CCC(=O)c3ccccc3)CC2)c(OC)c1OC. The van der Waals surface area contributed by atoms with Gasteiger partial charge in [0.05, 0.1) is 21.3 Å². The number of nitrogens with zero attached hydrogens (tertiary/aromatic N) is 2. The summed E-state index contributed by atoms with van der Waals surface area (Å²) in [6, 6.07) is 13.5. The van der Waals surface area contributed by atoms with Crippen molar-refractivity contribution in [2.45, 2.75) is 13.0 Å². The second-order valence-electron chi connectivity index (χ2n) is 7.15. The summed E-state index contributed by atoms with van der Waals surface area (Å²) in [6.45, 7) is 5.42. The van der Waals surface area contributed by atoms with Crippen molar-refractivity contribution < 1.29 is 19.0 Å². The summed E-state index contributed by atoms with van der Waals surface area (Å²) in [6.07, 6.45) is 0.563. The summed E-state index contributed by atoms with van der Waals surface area (Å²) >= 11 is 0. The molecule has 0 unspecified atom stereocenters. The van der Waals surface area contributed by atoms with Crippen molar-refractivity contribution in [2.24, 2.45) is 0 Å². The monoisotopic (exact) mass is 398 g/mol. The summed E-state index contributed by atoms with van der Waals surface area (Å²) in [5.74, 6) is 2.23. The molecule has 0 N–H and O–H groups in total. The van der Waals surface area contributed by atoms with Crippen molar-refractivity contribution in [1.29, 1.82) is 0 Å². The number of hydrogen-bond donors (Lipinski definition) is 0. The van der Waals surface area contributed by atoms with Gasteiger partial charge in [-0.05, 0) is 6.07 Å². The van der Waals surface area contributed by atoms with E-state index in [2.05, 4.69) is 9.80 Å². The molecule has 1 aliphatic heterocycles. The van der Waals surface area contributed by atoms with Gasteiger partial charge in [0.25, 0.3) is 0 Å². The van der Waals surface area contributed by atoms with Gasteiger partial charge in [0.2, 0.25) is 5.75 Å². The minimum atomic E-state index is 0.211. The Kier molecular flexibility index (Phi) is 7.49. The van der Waals surface area contributed by atoms with Crippen LogP contribution in [0.15, 0.2) is 42.5 Å². The lowest BCUT2D eigenvalue weighted by molar-refractivity contribution is 0.0921. The van der Waals surface area contributed by atoms with Crippen LogP contribution in [0.1, 0.15) is 22.3 Å². The van der Waals surface area contributed by atoms with Crippen LogP contribution in [0.5, 0.6) is 17.2 Å². The van der Waals surface area contributed by atoms with Gasteiger partial charge < -0.3 is 19.1 Å². The quantitative estimate of drug-likeness (QED) is 0.605. The van der Waals surface area contributed by atoms with Gasteiger partial charge >= 0.3 is 0 Å². The van der Waals surface area contributed by atoms with Crippen molar-refractivity contribution in [2.75, 3.05) is 54.1 Å². The second-order valence-corrected chi connectivity index (χ2v) is 7.15. The highest BCUT2D eigenvalue weighted by atomic mass is 16.5. The van der Waals surface area contributed by atoms with E-state index in [0.29, 0.717) is 17.9 Å². The topological polar surface area (TPSA) is 51.2 Å². The van der Waals surface area contributed by atoms with Gasteiger partial charge in [-0.2, -0.15) is 0 Å². The van der Waals surface area contributed by atoms with Gasteiger partial charge in [-0.25, -0.2) is 0 Å². The average molecular weight is 399 g/mol. The highest BCUT2D eigenvalue weighted by Gasteiger charge is 2.21. The first-order valence-corrected chi connectivity index (χ1v) is 9.97. The highest BCUT2D eigenvalue weighted by molar-refractivity contribution is 5.96. The molecule has 6 nitrogen and oxygen atoms in total. The number of ether oxygens (including phenoxy) is 3. The Morgan fingerprint density at radius 1 is 0.828 bits per heavy atom. The number of hydrogen-bond acceptors (Lipinski definition) is 6. The Hall–Kier alpha value is -2.57. The largest absolute Gasteiger partial charge is 0.493 e. The number of rotatable bonds is 9. The Labute approximate surface area is 173 Å². The predicted molar refractivity (Wildman–Crippen MR) is 113 cm³/mol. The number of benzene rings is 2. The fraction of sp³-hybridized carbons (Fsp3) is 0.435. The molecule has 3 rings (SSSR count). The summed E-state index contributed by atoms with van der Waals surface area (Å²) in [7, 11) is 4.90. The molecule has 0 amide bonds. The fourth-order valence-electron chi connectivity index (χ4n) is 3.73. The first-order valence-electron chi connectivity index (χ1n) is 9.97. The van der Waals surface area contributed by atoms with E-state index in [1.54, 1.807) is 21.3 Å². The second kappa shape index (κ2) is 10.3. The zero-order chi connectivity index (χ0) is 20.6. The van der Waals surface area contributed by atoms with Crippen molar-refractivity contribution in [3.8, 4) is 17.2 Å². The van der Waals surface area contributed by atoms with Crippen LogP contribution in [0.2, 0.25) is 0 Å². The van der Waals surface area contributed by atoms with Gasteiger partial charge in [0.15, 0.2) is 17.3 Å². The van der Waals surface area contributed by atoms with Crippen molar-refractivity contribution in [3.05, 3.63) is 53.6 Å². The molecular weight excluding hydrogens is 368 g/mol. The highest BCUT2D eigenvalue weighted by Crippen LogP contribution is 2.40. The molecule has 0 saturated carbocycles. The molecule has 2 aromatic carbocycles. The molecule has 2 aromatic rings. The van der Waals surface area contributed by atoms with Crippen LogP contribution in [0, 0.1) is 0 Å². The number of carbonyl (C=O) groups is 1. The van der Waals surface area contributed by atoms with Crippen LogP contribution in [-0.2, 0) is 6.54 Å². The number of piperazine rings is 1. The Balaban J connectivity index is 1.52. The first kappa shape index (κ1) is 21.1. The van der Waals surface area contributed by atoms with E-state index < -0.39 is 0 Å². The molecule has 0 spiro atoms. The van der Waals surface area contributed by atoms with E-state index in [0.717, 1.165) is 56.1 Å². The molecule has 29 heavy (non-hydrogen) atoms. The van der Waals surface area contributed by atoms with Gasteiger partial charge in [-0.15, -0.1) is 0 Å². The summed E-state index contributed by atoms with van der Waals surface area (Å²) in [5, 5.41) is 0. The van der Waals surface area contributed by atoms with Crippen LogP contribution in [0.3, 0.4) is 0 Å². The molecule has 6 heteroatoms. The number of ketones is 1. The zero-order valence-corrected chi connectivity index (χ0v) is 17.5. The molecule has 0 bridgehead atoms. The van der Waals surface area contributed by atoms with E-state index in [9.17, 15) is 4.79 Å². The normalized spacial score (nSPS) is 15.1. The van der Waals surface area contributed by atoms with E-state index in [-0.39, 0.29) is 5.78 Å². The van der Waals surface area contributed by atoms with E-state index in [1.807, 2.05) is 42.5 Å². The van der Waals surface area contributed by atoms with Crippen LogP contribution in [0.25, 0.3) is 0 Å². The maximum Gasteiger partial charge on any atom is 0.203 e. The fourth-order valence-corrected chi connectivity index (χ4v) is 3.73. The Bertz CT molecular complexity index is 802.